The molecule has 0 bridgehead atoms. The van der Waals surface area contributed by atoms with Crippen LogP contribution in [0.3, 0.4) is 0 Å². The number of allylic oxidation sites excluding steroid dienone is 1. The summed E-state index contributed by atoms with van der Waals surface area (Å²) in [5.41, 5.74) is 1.93. The summed E-state index contributed by atoms with van der Waals surface area (Å²) in [7, 11) is 0. The van der Waals surface area contributed by atoms with E-state index < -0.39 is 5.92 Å². The summed E-state index contributed by atoms with van der Waals surface area (Å²) in [6.45, 7) is 5.36. The highest BCUT2D eigenvalue weighted by atomic mass is 16.2. The standard InChI is InChI=1S/C20H23N3O4/c1-11(24)21-12-4-6-13(7-5-12)22-19(27)14-8-17(26)23-15-9-20(2,3)10-16(25)18(14)15/h4-7,14H,8-10H2,1-3H3,(H,21,24)(H,22,27)(H,23,26)/t14-/m1/s1. The molecular weight excluding hydrogens is 346 g/mol. The lowest BCUT2D eigenvalue weighted by Crippen LogP contribution is -2.44. The minimum Gasteiger partial charge on any atom is -0.329 e. The highest BCUT2D eigenvalue weighted by molar-refractivity contribution is 6.09. The van der Waals surface area contributed by atoms with Crippen molar-refractivity contribution in [1.82, 2.24) is 5.32 Å². The maximum absolute atomic E-state index is 12.8. The number of rotatable bonds is 3. The van der Waals surface area contributed by atoms with Gasteiger partial charge in [0.25, 0.3) is 0 Å². The lowest BCUT2D eigenvalue weighted by Gasteiger charge is -2.37. The van der Waals surface area contributed by atoms with E-state index in [1.807, 2.05) is 13.8 Å². The van der Waals surface area contributed by atoms with Crippen molar-refractivity contribution in [3.63, 3.8) is 0 Å². The number of benzene rings is 1. The van der Waals surface area contributed by atoms with Crippen LogP contribution >= 0.6 is 0 Å². The molecule has 1 aromatic carbocycles. The Morgan fingerprint density at radius 1 is 1.04 bits per heavy atom. The van der Waals surface area contributed by atoms with Crippen LogP contribution in [0.4, 0.5) is 11.4 Å². The Kier molecular flexibility index (Phi) is 4.87. The first-order valence-corrected chi connectivity index (χ1v) is 8.89. The first-order valence-electron chi connectivity index (χ1n) is 8.89. The molecule has 0 aromatic heterocycles. The molecule has 7 heteroatoms. The molecule has 2 aliphatic rings. The quantitative estimate of drug-likeness (QED) is 0.761. The second kappa shape index (κ2) is 6.98. The van der Waals surface area contributed by atoms with Crippen molar-refractivity contribution >= 4 is 34.9 Å². The van der Waals surface area contributed by atoms with Crippen LogP contribution in [0.25, 0.3) is 0 Å². The summed E-state index contributed by atoms with van der Waals surface area (Å²) in [5, 5.41) is 8.20. The maximum Gasteiger partial charge on any atom is 0.232 e. The highest BCUT2D eigenvalue weighted by Crippen LogP contribution is 2.40. The van der Waals surface area contributed by atoms with Gasteiger partial charge in [0.1, 0.15) is 0 Å². The van der Waals surface area contributed by atoms with Gasteiger partial charge in [0.05, 0.1) is 5.92 Å². The maximum atomic E-state index is 12.8. The van der Waals surface area contributed by atoms with E-state index in [4.69, 9.17) is 0 Å². The Balaban J connectivity index is 1.80. The van der Waals surface area contributed by atoms with E-state index in [-0.39, 0.29) is 35.3 Å². The Morgan fingerprint density at radius 2 is 1.63 bits per heavy atom. The zero-order valence-corrected chi connectivity index (χ0v) is 15.6. The lowest BCUT2D eigenvalue weighted by atomic mass is 9.71. The zero-order chi connectivity index (χ0) is 19.8. The Hall–Kier alpha value is -2.96. The van der Waals surface area contributed by atoms with Crippen LogP contribution in [-0.2, 0) is 19.2 Å². The number of amides is 3. The van der Waals surface area contributed by atoms with Gasteiger partial charge in [0.15, 0.2) is 5.78 Å². The minimum atomic E-state index is -0.785. The summed E-state index contributed by atoms with van der Waals surface area (Å²) < 4.78 is 0. The fraction of sp³-hybridized carbons (Fsp3) is 0.400. The van der Waals surface area contributed by atoms with Gasteiger partial charge in [-0.1, -0.05) is 13.8 Å². The van der Waals surface area contributed by atoms with E-state index >= 15 is 0 Å². The number of hydrogen-bond donors (Lipinski definition) is 3. The van der Waals surface area contributed by atoms with E-state index in [2.05, 4.69) is 16.0 Å². The van der Waals surface area contributed by atoms with Crippen molar-refractivity contribution in [2.24, 2.45) is 11.3 Å². The predicted octanol–water partition coefficient (Wildman–Crippen LogP) is 2.36. The largest absolute Gasteiger partial charge is 0.329 e. The molecule has 0 fully saturated rings. The van der Waals surface area contributed by atoms with Crippen LogP contribution in [-0.4, -0.2) is 23.5 Å². The number of ketones is 1. The van der Waals surface area contributed by atoms with E-state index in [1.165, 1.54) is 6.92 Å². The molecule has 1 aliphatic carbocycles. The molecule has 0 saturated heterocycles. The topological polar surface area (TPSA) is 104 Å². The van der Waals surface area contributed by atoms with Crippen LogP contribution in [0, 0.1) is 11.3 Å². The van der Waals surface area contributed by atoms with E-state index in [9.17, 15) is 19.2 Å². The molecule has 3 rings (SSSR count). The zero-order valence-electron chi connectivity index (χ0n) is 15.6. The summed E-state index contributed by atoms with van der Waals surface area (Å²) in [4.78, 5) is 48.6. The first kappa shape index (κ1) is 18.8. The van der Waals surface area contributed by atoms with Crippen LogP contribution < -0.4 is 16.0 Å². The van der Waals surface area contributed by atoms with Crippen LogP contribution in [0.5, 0.6) is 0 Å². The molecular formula is C20H23N3O4. The molecule has 1 heterocycles. The molecule has 0 radical (unpaired) electrons. The number of Topliss-reactive ketones (excluding diaryl/α,β-unsaturated/α-hetero) is 1. The van der Waals surface area contributed by atoms with Crippen molar-refractivity contribution in [3.8, 4) is 0 Å². The van der Waals surface area contributed by atoms with Gasteiger partial charge >= 0.3 is 0 Å². The van der Waals surface area contributed by atoms with Crippen LogP contribution in [0.15, 0.2) is 35.5 Å². The number of nitrogens with one attached hydrogen (secondary N) is 3. The summed E-state index contributed by atoms with van der Waals surface area (Å²) >= 11 is 0. The Labute approximate surface area is 157 Å². The van der Waals surface area contributed by atoms with Crippen molar-refractivity contribution in [2.75, 3.05) is 10.6 Å². The van der Waals surface area contributed by atoms with Crippen molar-refractivity contribution in [2.45, 2.75) is 40.0 Å². The second-order valence-electron chi connectivity index (χ2n) is 7.89. The summed E-state index contributed by atoms with van der Waals surface area (Å²) in [6, 6.07) is 6.66. The average Bonchev–Trinajstić information content (AvgIpc) is 2.53. The molecule has 1 atom stereocenters. The van der Waals surface area contributed by atoms with Gasteiger partial charge in [0.2, 0.25) is 17.7 Å². The van der Waals surface area contributed by atoms with Crippen LogP contribution in [0.1, 0.15) is 40.0 Å². The Bertz CT molecular complexity index is 852. The monoisotopic (exact) mass is 369 g/mol. The van der Waals surface area contributed by atoms with Crippen molar-refractivity contribution in [3.05, 3.63) is 35.5 Å². The van der Waals surface area contributed by atoms with Gasteiger partial charge in [-0.25, -0.2) is 0 Å². The third-order valence-electron chi connectivity index (χ3n) is 4.74. The van der Waals surface area contributed by atoms with Gasteiger partial charge in [-0.05, 0) is 36.1 Å². The SMILES string of the molecule is CC(=O)Nc1ccc(NC(=O)[C@@H]2CC(=O)NC3=C2C(=O)CC(C)(C)C3)cc1. The van der Waals surface area contributed by atoms with Crippen molar-refractivity contribution < 1.29 is 19.2 Å². The second-order valence-corrected chi connectivity index (χ2v) is 7.89. The summed E-state index contributed by atoms with van der Waals surface area (Å²) in [5.74, 6) is -1.67. The van der Waals surface area contributed by atoms with Crippen molar-refractivity contribution in [1.29, 1.82) is 0 Å². The minimum absolute atomic E-state index is 0.0409. The third kappa shape index (κ3) is 4.24. The normalized spacial score (nSPS) is 21.2. The number of hydrogen-bond acceptors (Lipinski definition) is 4. The number of anilines is 2. The average molecular weight is 369 g/mol. The molecule has 0 spiro atoms. The molecule has 0 unspecified atom stereocenters. The highest BCUT2D eigenvalue weighted by Gasteiger charge is 2.42. The van der Waals surface area contributed by atoms with Crippen LogP contribution in [0.2, 0.25) is 0 Å². The van der Waals surface area contributed by atoms with Gasteiger partial charge in [-0.15, -0.1) is 0 Å². The fourth-order valence-corrected chi connectivity index (χ4v) is 3.65. The predicted molar refractivity (Wildman–Crippen MR) is 101 cm³/mol. The van der Waals surface area contributed by atoms with Gasteiger partial charge in [-0.3, -0.25) is 19.2 Å². The number of carbonyl (C=O) groups excluding carboxylic acids is 4. The molecule has 3 amide bonds. The van der Waals surface area contributed by atoms with E-state index in [0.717, 1.165) is 0 Å². The molecule has 142 valence electrons. The molecule has 0 saturated carbocycles. The third-order valence-corrected chi connectivity index (χ3v) is 4.74. The van der Waals surface area contributed by atoms with Gasteiger partial charge < -0.3 is 16.0 Å². The molecule has 1 aromatic rings. The molecule has 7 nitrogen and oxygen atoms in total. The number of carbonyl (C=O) groups is 4. The van der Waals surface area contributed by atoms with Gasteiger partial charge in [0, 0.05) is 42.4 Å². The fourth-order valence-electron chi connectivity index (χ4n) is 3.65. The smallest absolute Gasteiger partial charge is 0.232 e. The van der Waals surface area contributed by atoms with E-state index in [0.29, 0.717) is 35.5 Å². The summed E-state index contributed by atoms with van der Waals surface area (Å²) in [6.07, 6.45) is 0.882. The molecule has 27 heavy (non-hydrogen) atoms. The lowest BCUT2D eigenvalue weighted by molar-refractivity contribution is -0.129. The Morgan fingerprint density at radius 3 is 2.22 bits per heavy atom. The van der Waals surface area contributed by atoms with Gasteiger partial charge in [-0.2, -0.15) is 0 Å². The molecule has 1 aliphatic heterocycles. The molecule has 3 N–H and O–H groups in total. The first-order chi connectivity index (χ1) is 12.6. The van der Waals surface area contributed by atoms with E-state index in [1.54, 1.807) is 24.3 Å².